The summed E-state index contributed by atoms with van der Waals surface area (Å²) in [4.78, 5) is 0. The van der Waals surface area contributed by atoms with E-state index in [1.54, 1.807) is 7.16 Å². The number of benzene rings is 2. The van der Waals surface area contributed by atoms with Crippen molar-refractivity contribution in [2.75, 3.05) is 0 Å². The van der Waals surface area contributed by atoms with Crippen LogP contribution in [0.5, 0.6) is 0 Å². The molecular formula is C16H20Sn. The van der Waals surface area contributed by atoms with Crippen LogP contribution in [0.25, 0.3) is 0 Å². The van der Waals surface area contributed by atoms with E-state index >= 15 is 0 Å². The van der Waals surface area contributed by atoms with Gasteiger partial charge in [-0.2, -0.15) is 0 Å². The van der Waals surface area contributed by atoms with Crippen LogP contribution in [-0.4, -0.2) is 18.4 Å². The fourth-order valence-corrected chi connectivity index (χ4v) is 14.5. The Labute approximate surface area is 109 Å². The number of hydrogen-bond donors (Lipinski definition) is 0. The summed E-state index contributed by atoms with van der Waals surface area (Å²) in [6.45, 7) is 4.75. The van der Waals surface area contributed by atoms with Gasteiger partial charge in [-0.05, 0) is 0 Å². The van der Waals surface area contributed by atoms with Gasteiger partial charge in [0.15, 0.2) is 0 Å². The Morgan fingerprint density at radius 1 is 0.647 bits per heavy atom. The van der Waals surface area contributed by atoms with Crippen LogP contribution in [0, 0.1) is 0 Å². The zero-order chi connectivity index (χ0) is 12.1. The van der Waals surface area contributed by atoms with Gasteiger partial charge in [0.25, 0.3) is 0 Å². The van der Waals surface area contributed by atoms with Crippen molar-refractivity contribution in [3.05, 3.63) is 60.7 Å². The first-order valence-corrected chi connectivity index (χ1v) is 13.3. The van der Waals surface area contributed by atoms with Crippen LogP contribution >= 0.6 is 0 Å². The van der Waals surface area contributed by atoms with Crippen LogP contribution in [-0.2, 0) is 0 Å². The Bertz CT molecular complexity index is 402. The quantitative estimate of drug-likeness (QED) is 0.755. The maximum atomic E-state index is 2.37. The fourth-order valence-electron chi connectivity index (χ4n) is 2.75. The second kappa shape index (κ2) is 5.72. The molecule has 0 unspecified atom stereocenters. The molecule has 0 bridgehead atoms. The molecule has 2 rings (SSSR count). The third-order valence-electron chi connectivity index (χ3n) is 3.86. The zero-order valence-corrected chi connectivity index (χ0v) is 13.5. The summed E-state index contributed by atoms with van der Waals surface area (Å²) < 4.78 is 5.97. The summed E-state index contributed by atoms with van der Waals surface area (Å²) in [5.41, 5.74) is 0. The average Bonchev–Trinajstić information content (AvgIpc) is 2.43. The first-order valence-electron chi connectivity index (χ1n) is 6.44. The minimum absolute atomic E-state index is 1.35. The topological polar surface area (TPSA) is 0 Å². The van der Waals surface area contributed by atoms with Crippen LogP contribution in [0.15, 0.2) is 60.7 Å². The van der Waals surface area contributed by atoms with E-state index in [0.717, 1.165) is 0 Å². The third-order valence-corrected chi connectivity index (χ3v) is 19.0. The van der Waals surface area contributed by atoms with Crippen molar-refractivity contribution in [2.24, 2.45) is 0 Å². The summed E-state index contributed by atoms with van der Waals surface area (Å²) in [6, 6.07) is 22.4. The Morgan fingerprint density at radius 2 is 1.00 bits per heavy atom. The molecule has 0 saturated carbocycles. The van der Waals surface area contributed by atoms with Crippen molar-refractivity contribution in [1.82, 2.24) is 0 Å². The van der Waals surface area contributed by atoms with Gasteiger partial charge in [-0.1, -0.05) is 0 Å². The summed E-state index contributed by atoms with van der Waals surface area (Å²) in [6.07, 6.45) is 0. The molecule has 2 aromatic carbocycles. The van der Waals surface area contributed by atoms with E-state index < -0.39 is 18.4 Å². The van der Waals surface area contributed by atoms with Crippen molar-refractivity contribution in [3.63, 3.8) is 0 Å². The number of rotatable bonds is 4. The van der Waals surface area contributed by atoms with E-state index in [1.165, 1.54) is 8.87 Å². The second-order valence-electron chi connectivity index (χ2n) is 4.52. The predicted molar refractivity (Wildman–Crippen MR) is 78.9 cm³/mol. The van der Waals surface area contributed by atoms with Crippen molar-refractivity contribution < 1.29 is 0 Å². The Kier molecular flexibility index (Phi) is 4.27. The van der Waals surface area contributed by atoms with Gasteiger partial charge in [0.2, 0.25) is 0 Å². The van der Waals surface area contributed by atoms with Crippen LogP contribution in [0.1, 0.15) is 13.8 Å². The molecule has 0 aliphatic heterocycles. The molecule has 0 atom stereocenters. The maximum absolute atomic E-state index is 2.37. The summed E-state index contributed by atoms with van der Waals surface area (Å²) in [5, 5.41) is 0. The molecule has 0 aromatic heterocycles. The first kappa shape index (κ1) is 12.7. The van der Waals surface area contributed by atoms with Crippen molar-refractivity contribution in [3.8, 4) is 0 Å². The fraction of sp³-hybridized carbons (Fsp3) is 0.250. The summed E-state index contributed by atoms with van der Waals surface area (Å²) >= 11 is -2.35. The molecule has 88 valence electrons. The van der Waals surface area contributed by atoms with E-state index in [4.69, 9.17) is 0 Å². The van der Waals surface area contributed by atoms with E-state index in [0.29, 0.717) is 0 Å². The van der Waals surface area contributed by atoms with E-state index in [9.17, 15) is 0 Å². The molecular weight excluding hydrogens is 311 g/mol. The van der Waals surface area contributed by atoms with Crippen molar-refractivity contribution in [2.45, 2.75) is 22.7 Å². The molecule has 2 aromatic rings. The molecule has 0 N–H and O–H groups in total. The molecule has 17 heavy (non-hydrogen) atoms. The summed E-state index contributed by atoms with van der Waals surface area (Å²) in [5.74, 6) is 0. The molecule has 0 fully saturated rings. The van der Waals surface area contributed by atoms with Crippen molar-refractivity contribution >= 4 is 25.5 Å². The average molecular weight is 331 g/mol. The van der Waals surface area contributed by atoms with E-state index in [-0.39, 0.29) is 0 Å². The van der Waals surface area contributed by atoms with Crippen LogP contribution in [0.3, 0.4) is 0 Å². The SMILES string of the molecule is C[CH2][Sn]([CH2]C)([c]1ccccc1)[c]1ccccc1. The molecule has 0 saturated heterocycles. The number of hydrogen-bond acceptors (Lipinski definition) is 0. The molecule has 1 heteroatoms. The van der Waals surface area contributed by atoms with Crippen LogP contribution in [0.4, 0.5) is 0 Å². The Hall–Kier alpha value is -0.761. The standard InChI is InChI=1S/2C6H5.2C2H5.Sn/c2*1-2-4-6-5-3-1;2*1-2;/h2*1-5H;2*1H2,2H3;. The van der Waals surface area contributed by atoms with E-state index in [1.807, 2.05) is 0 Å². The Morgan fingerprint density at radius 3 is 1.29 bits per heavy atom. The second-order valence-corrected chi connectivity index (χ2v) is 18.0. The van der Waals surface area contributed by atoms with Gasteiger partial charge >= 0.3 is 109 Å². The van der Waals surface area contributed by atoms with Gasteiger partial charge < -0.3 is 0 Å². The van der Waals surface area contributed by atoms with Crippen LogP contribution in [0.2, 0.25) is 8.87 Å². The molecule has 0 radical (unpaired) electrons. The van der Waals surface area contributed by atoms with Gasteiger partial charge in [0, 0.05) is 0 Å². The van der Waals surface area contributed by atoms with Gasteiger partial charge in [-0.15, -0.1) is 0 Å². The van der Waals surface area contributed by atoms with Crippen LogP contribution < -0.4 is 7.16 Å². The van der Waals surface area contributed by atoms with Gasteiger partial charge in [-0.3, -0.25) is 0 Å². The molecule has 0 amide bonds. The first-order chi connectivity index (χ1) is 8.33. The zero-order valence-electron chi connectivity index (χ0n) is 10.7. The normalized spacial score (nSPS) is 11.4. The monoisotopic (exact) mass is 332 g/mol. The van der Waals surface area contributed by atoms with Gasteiger partial charge in [0.05, 0.1) is 0 Å². The molecule has 0 aliphatic carbocycles. The predicted octanol–water partition coefficient (Wildman–Crippen LogP) is 3.29. The van der Waals surface area contributed by atoms with Gasteiger partial charge in [-0.25, -0.2) is 0 Å². The molecule has 0 nitrogen and oxygen atoms in total. The molecule has 0 spiro atoms. The Balaban J connectivity index is 2.54. The molecule has 0 heterocycles. The molecule has 0 aliphatic rings. The summed E-state index contributed by atoms with van der Waals surface area (Å²) in [7, 11) is 0. The van der Waals surface area contributed by atoms with Gasteiger partial charge in [0.1, 0.15) is 0 Å². The van der Waals surface area contributed by atoms with Crippen molar-refractivity contribution in [1.29, 1.82) is 0 Å². The third kappa shape index (κ3) is 2.42. The minimum atomic E-state index is -2.35. The van der Waals surface area contributed by atoms with E-state index in [2.05, 4.69) is 74.5 Å².